The first kappa shape index (κ1) is 7.50. The maximum Gasteiger partial charge on any atom is 0.225 e. The molecule has 0 aliphatic carbocycles. The first-order valence-electron chi connectivity index (χ1n) is 3.30. The summed E-state index contributed by atoms with van der Waals surface area (Å²) in [4.78, 5) is 12.3. The molecule has 0 spiro atoms. The second-order valence-electron chi connectivity index (χ2n) is 2.42. The molecule has 10 heavy (non-hydrogen) atoms. The molecular weight excluding hydrogens is 134 g/mol. The van der Waals surface area contributed by atoms with E-state index in [0.717, 1.165) is 0 Å². The second kappa shape index (κ2) is 2.98. The van der Waals surface area contributed by atoms with Gasteiger partial charge >= 0.3 is 0 Å². The predicted molar refractivity (Wildman–Crippen MR) is 34.3 cm³/mol. The van der Waals surface area contributed by atoms with E-state index >= 15 is 0 Å². The Kier molecular flexibility index (Phi) is 2.24. The van der Waals surface area contributed by atoms with Crippen LogP contribution in [0.3, 0.4) is 0 Å². The third-order valence-electron chi connectivity index (χ3n) is 1.56. The fourth-order valence-corrected chi connectivity index (χ4v) is 1.09. The van der Waals surface area contributed by atoms with Crippen molar-refractivity contribution < 1.29 is 15.0 Å². The van der Waals surface area contributed by atoms with E-state index < -0.39 is 6.10 Å². The highest BCUT2D eigenvalue weighted by atomic mass is 16.3. The maximum atomic E-state index is 10.8. The summed E-state index contributed by atoms with van der Waals surface area (Å²) in [7, 11) is 0. The zero-order chi connectivity index (χ0) is 7.56. The molecule has 0 aromatic rings. The van der Waals surface area contributed by atoms with Crippen molar-refractivity contribution in [3.63, 3.8) is 0 Å². The van der Waals surface area contributed by atoms with Gasteiger partial charge < -0.3 is 15.1 Å². The minimum absolute atomic E-state index is 0.0293. The van der Waals surface area contributed by atoms with Crippen LogP contribution in [0.5, 0.6) is 0 Å². The number of carbonyl (C=O) groups is 1. The summed E-state index contributed by atoms with van der Waals surface area (Å²) in [5.74, 6) is -0.0680. The fourth-order valence-electron chi connectivity index (χ4n) is 1.09. The highest BCUT2D eigenvalue weighted by molar-refractivity contribution is 5.78. The van der Waals surface area contributed by atoms with Crippen molar-refractivity contribution in [1.82, 2.24) is 4.90 Å². The number of likely N-dealkylation sites (tertiary alicyclic amines) is 1. The van der Waals surface area contributed by atoms with E-state index in [-0.39, 0.29) is 18.9 Å². The fraction of sp³-hybridized carbons (Fsp3) is 0.833. The summed E-state index contributed by atoms with van der Waals surface area (Å²) in [6.45, 7) is 0.688. The van der Waals surface area contributed by atoms with Gasteiger partial charge in [0.25, 0.3) is 0 Å². The number of carbonyl (C=O) groups excluding carboxylic acids is 1. The lowest BCUT2D eigenvalue weighted by molar-refractivity contribution is -0.128. The highest BCUT2D eigenvalue weighted by Crippen LogP contribution is 2.08. The molecule has 58 valence electrons. The largest absolute Gasteiger partial charge is 0.395 e. The average Bonchev–Trinajstić information content (AvgIpc) is 2.13. The molecule has 1 atom stereocenters. The molecule has 2 N–H and O–H groups in total. The second-order valence-corrected chi connectivity index (χ2v) is 2.42. The van der Waals surface area contributed by atoms with Gasteiger partial charge in [0.2, 0.25) is 5.91 Å². The Bertz CT molecular complexity index is 137. The SMILES string of the molecule is O=C1CC(O)CN1CCO. The molecule has 0 bridgehead atoms. The number of nitrogens with zero attached hydrogens (tertiary/aromatic N) is 1. The van der Waals surface area contributed by atoms with E-state index in [2.05, 4.69) is 0 Å². The first-order valence-corrected chi connectivity index (χ1v) is 3.30. The molecular formula is C6H11NO3. The first-order chi connectivity index (χ1) is 4.74. The lowest BCUT2D eigenvalue weighted by Crippen LogP contribution is -2.28. The number of rotatable bonds is 2. The van der Waals surface area contributed by atoms with E-state index in [1.54, 1.807) is 0 Å². The summed E-state index contributed by atoms with van der Waals surface area (Å²) >= 11 is 0. The van der Waals surface area contributed by atoms with Gasteiger partial charge in [0.15, 0.2) is 0 Å². The molecule has 1 rings (SSSR count). The van der Waals surface area contributed by atoms with Gasteiger partial charge in [-0.1, -0.05) is 0 Å². The normalized spacial score (nSPS) is 26.0. The molecule has 1 aliphatic heterocycles. The Balaban J connectivity index is 2.39. The van der Waals surface area contributed by atoms with Crippen LogP contribution in [0.25, 0.3) is 0 Å². The van der Waals surface area contributed by atoms with E-state index in [1.165, 1.54) is 4.90 Å². The topological polar surface area (TPSA) is 60.8 Å². The number of aliphatic hydroxyl groups excluding tert-OH is 2. The lowest BCUT2D eigenvalue weighted by atomic mass is 10.3. The summed E-state index contributed by atoms with van der Waals surface area (Å²) in [5.41, 5.74) is 0. The van der Waals surface area contributed by atoms with Gasteiger partial charge in [-0.3, -0.25) is 4.79 Å². The molecule has 4 heteroatoms. The van der Waals surface area contributed by atoms with E-state index in [1.807, 2.05) is 0 Å². The van der Waals surface area contributed by atoms with E-state index in [9.17, 15) is 4.79 Å². The Morgan fingerprint density at radius 2 is 2.40 bits per heavy atom. The lowest BCUT2D eigenvalue weighted by Gasteiger charge is -2.12. The number of hydrogen-bond donors (Lipinski definition) is 2. The Morgan fingerprint density at radius 1 is 1.70 bits per heavy atom. The van der Waals surface area contributed by atoms with Crippen molar-refractivity contribution in [2.75, 3.05) is 19.7 Å². The summed E-state index contributed by atoms with van der Waals surface area (Å²) < 4.78 is 0. The van der Waals surface area contributed by atoms with Gasteiger partial charge in [0.1, 0.15) is 0 Å². The smallest absolute Gasteiger partial charge is 0.225 e. The van der Waals surface area contributed by atoms with Gasteiger partial charge in [0.05, 0.1) is 19.1 Å². The van der Waals surface area contributed by atoms with Gasteiger partial charge in [0, 0.05) is 13.1 Å². The Hall–Kier alpha value is -0.610. The van der Waals surface area contributed by atoms with Crippen LogP contribution >= 0.6 is 0 Å². The molecule has 0 radical (unpaired) electrons. The zero-order valence-electron chi connectivity index (χ0n) is 5.66. The molecule has 0 saturated carbocycles. The van der Waals surface area contributed by atoms with Gasteiger partial charge in [-0.2, -0.15) is 0 Å². The van der Waals surface area contributed by atoms with Crippen LogP contribution in [0.2, 0.25) is 0 Å². The number of amides is 1. The Morgan fingerprint density at radius 3 is 2.80 bits per heavy atom. The molecule has 1 amide bonds. The van der Waals surface area contributed by atoms with Crippen LogP contribution in [-0.4, -0.2) is 46.8 Å². The van der Waals surface area contributed by atoms with Crippen molar-refractivity contribution in [2.24, 2.45) is 0 Å². The van der Waals surface area contributed by atoms with Crippen molar-refractivity contribution in [2.45, 2.75) is 12.5 Å². The van der Waals surface area contributed by atoms with Crippen molar-refractivity contribution >= 4 is 5.91 Å². The summed E-state index contributed by atoms with van der Waals surface area (Å²) in [6.07, 6.45) is -0.320. The predicted octanol–water partition coefficient (Wildman–Crippen LogP) is -1.43. The van der Waals surface area contributed by atoms with Crippen LogP contribution in [-0.2, 0) is 4.79 Å². The van der Waals surface area contributed by atoms with E-state index in [4.69, 9.17) is 10.2 Å². The third-order valence-corrected chi connectivity index (χ3v) is 1.56. The molecule has 1 fully saturated rings. The van der Waals surface area contributed by atoms with Crippen LogP contribution in [0.1, 0.15) is 6.42 Å². The van der Waals surface area contributed by atoms with Gasteiger partial charge in [-0.25, -0.2) is 0 Å². The Labute approximate surface area is 59.1 Å². The number of aliphatic hydroxyl groups is 2. The molecule has 4 nitrogen and oxygen atoms in total. The van der Waals surface area contributed by atoms with Crippen LogP contribution in [0, 0.1) is 0 Å². The van der Waals surface area contributed by atoms with Crippen LogP contribution in [0.15, 0.2) is 0 Å². The standard InChI is InChI=1S/C6H11NO3/c8-2-1-7-4-5(9)3-6(7)10/h5,8-9H,1-4H2. The molecule has 1 aliphatic rings. The molecule has 1 heterocycles. The molecule has 1 saturated heterocycles. The summed E-state index contributed by atoms with van der Waals surface area (Å²) in [6, 6.07) is 0. The quantitative estimate of drug-likeness (QED) is 0.501. The molecule has 0 aromatic heterocycles. The van der Waals surface area contributed by atoms with Crippen LogP contribution < -0.4 is 0 Å². The van der Waals surface area contributed by atoms with Crippen molar-refractivity contribution in [3.8, 4) is 0 Å². The summed E-state index contributed by atoms with van der Waals surface area (Å²) in [5, 5.41) is 17.4. The van der Waals surface area contributed by atoms with Crippen LogP contribution in [0.4, 0.5) is 0 Å². The molecule has 1 unspecified atom stereocenters. The maximum absolute atomic E-state index is 10.8. The average molecular weight is 145 g/mol. The minimum atomic E-state index is -0.529. The zero-order valence-corrected chi connectivity index (χ0v) is 5.66. The monoisotopic (exact) mass is 145 g/mol. The van der Waals surface area contributed by atoms with Crippen molar-refractivity contribution in [3.05, 3.63) is 0 Å². The van der Waals surface area contributed by atoms with Gasteiger partial charge in [-0.05, 0) is 0 Å². The molecule has 0 aromatic carbocycles. The van der Waals surface area contributed by atoms with Gasteiger partial charge in [-0.15, -0.1) is 0 Å². The van der Waals surface area contributed by atoms with Crippen molar-refractivity contribution in [1.29, 1.82) is 0 Å². The number of β-amino-alcohol motifs (C(OH)–C–C–N with tert-alkyl or cyclic N) is 2. The highest BCUT2D eigenvalue weighted by Gasteiger charge is 2.26. The minimum Gasteiger partial charge on any atom is -0.395 e. The van der Waals surface area contributed by atoms with E-state index in [0.29, 0.717) is 13.1 Å². The number of hydrogen-bond acceptors (Lipinski definition) is 3. The third kappa shape index (κ3) is 1.46.